The molecular formula is C29H32FN9O2. The zero-order chi connectivity index (χ0) is 29.0. The Labute approximate surface area is 236 Å². The number of hydrogen-bond acceptors (Lipinski definition) is 8. The van der Waals surface area contributed by atoms with Gasteiger partial charge < -0.3 is 9.80 Å². The second-order valence-corrected chi connectivity index (χ2v) is 11.1. The lowest BCUT2D eigenvalue weighted by Crippen LogP contribution is -2.58. The fourth-order valence-corrected chi connectivity index (χ4v) is 5.97. The fourth-order valence-electron chi connectivity index (χ4n) is 5.97. The van der Waals surface area contributed by atoms with E-state index in [1.54, 1.807) is 15.8 Å². The van der Waals surface area contributed by atoms with E-state index in [0.29, 0.717) is 55.1 Å². The largest absolute Gasteiger partial charge is 0.355 e. The van der Waals surface area contributed by atoms with Gasteiger partial charge in [-0.2, -0.15) is 4.98 Å². The number of amides is 1. The summed E-state index contributed by atoms with van der Waals surface area (Å²) >= 11 is 0. The first-order valence-corrected chi connectivity index (χ1v) is 13.9. The summed E-state index contributed by atoms with van der Waals surface area (Å²) in [4.78, 5) is 44.3. The Hall–Kier alpha value is -4.48. The summed E-state index contributed by atoms with van der Waals surface area (Å²) in [7, 11) is 0. The Morgan fingerprint density at radius 1 is 1.20 bits per heavy atom. The predicted octanol–water partition coefficient (Wildman–Crippen LogP) is 3.25. The molecule has 0 aliphatic carbocycles. The van der Waals surface area contributed by atoms with E-state index in [-0.39, 0.29) is 35.2 Å². The maximum atomic E-state index is 16.0. The van der Waals surface area contributed by atoms with Crippen LogP contribution in [0.1, 0.15) is 51.3 Å². The van der Waals surface area contributed by atoms with Crippen LogP contribution in [0.3, 0.4) is 0 Å². The van der Waals surface area contributed by atoms with Crippen molar-refractivity contribution in [2.75, 3.05) is 18.0 Å². The number of pyridine rings is 2. The summed E-state index contributed by atoms with van der Waals surface area (Å²) in [5.74, 6) is -0.379. The van der Waals surface area contributed by atoms with Crippen molar-refractivity contribution in [1.29, 1.82) is 0 Å². The number of fused-ring (bicyclic) bond motifs is 5. The van der Waals surface area contributed by atoms with E-state index in [1.807, 2.05) is 38.7 Å². The maximum Gasteiger partial charge on any atom is 0.355 e. The molecule has 0 saturated carbocycles. The normalized spacial score (nSPS) is 18.8. The lowest BCUT2D eigenvalue weighted by molar-refractivity contribution is -0.128. The third kappa shape index (κ3) is 4.37. The minimum atomic E-state index is -0.565. The van der Waals surface area contributed by atoms with Crippen LogP contribution in [0.15, 0.2) is 42.0 Å². The molecule has 6 rings (SSSR count). The molecule has 1 fully saturated rings. The van der Waals surface area contributed by atoms with Crippen LogP contribution in [0.2, 0.25) is 0 Å². The zero-order valence-electron chi connectivity index (χ0n) is 23.6. The number of rotatable bonds is 3. The number of halogens is 1. The highest BCUT2D eigenvalue weighted by molar-refractivity contribution is 5.91. The van der Waals surface area contributed by atoms with Crippen LogP contribution in [0.5, 0.6) is 0 Å². The van der Waals surface area contributed by atoms with Gasteiger partial charge in [-0.3, -0.25) is 9.78 Å². The standard InChI is InChI=1S/C29H32FN9O2/c1-6-23(40)36-14-18(5)37(15-17(36)4)27-20-12-21(30)25-22-13-32-35-38(22)11-7-8-19-9-10-31-24(16(2)3)26(19)39(28(20)33-25)29(41)34-27/h6,9-10,12-13,16-18H,1,7-8,11,14-15H2,2-5H3/t17-,18+/m1/s1. The lowest BCUT2D eigenvalue weighted by atomic mass is 10.0. The van der Waals surface area contributed by atoms with Crippen molar-refractivity contribution in [3.05, 3.63) is 64.7 Å². The summed E-state index contributed by atoms with van der Waals surface area (Å²) in [5, 5.41) is 8.60. The van der Waals surface area contributed by atoms with Crippen molar-refractivity contribution < 1.29 is 9.18 Å². The number of aromatic nitrogens is 7. The second kappa shape index (κ2) is 10.2. The Morgan fingerprint density at radius 2 is 2.00 bits per heavy atom. The van der Waals surface area contributed by atoms with E-state index in [4.69, 9.17) is 4.98 Å². The average Bonchev–Trinajstić information content (AvgIpc) is 3.40. The molecule has 4 aromatic heterocycles. The minimum absolute atomic E-state index is 0.00705. The molecule has 4 aromatic rings. The fraction of sp³-hybridized carbons (Fsp3) is 0.414. The SMILES string of the molecule is C=CC(=O)N1C[C@H](C)N(c2nc(=O)n3c4nc(c(F)cc24)-c2cnnn2CCCc2ccnc(C(C)C)c2-3)C[C@H]1C. The summed E-state index contributed by atoms with van der Waals surface area (Å²) in [6.07, 6.45) is 5.88. The Kier molecular flexibility index (Phi) is 6.63. The highest BCUT2D eigenvalue weighted by Crippen LogP contribution is 2.34. The zero-order valence-corrected chi connectivity index (χ0v) is 23.6. The molecule has 0 spiro atoms. The van der Waals surface area contributed by atoms with Crippen molar-refractivity contribution in [2.24, 2.45) is 0 Å². The van der Waals surface area contributed by atoms with E-state index in [9.17, 15) is 9.59 Å². The average molecular weight is 558 g/mol. The van der Waals surface area contributed by atoms with Gasteiger partial charge in [0.25, 0.3) is 0 Å². The van der Waals surface area contributed by atoms with Gasteiger partial charge in [-0.25, -0.2) is 23.4 Å². The second-order valence-electron chi connectivity index (χ2n) is 11.1. The Morgan fingerprint density at radius 3 is 2.76 bits per heavy atom. The van der Waals surface area contributed by atoms with Gasteiger partial charge >= 0.3 is 5.69 Å². The molecule has 0 unspecified atom stereocenters. The number of carbonyl (C=O) groups excluding carboxylic acids is 1. The molecule has 0 aromatic carbocycles. The predicted molar refractivity (Wildman–Crippen MR) is 152 cm³/mol. The summed E-state index contributed by atoms with van der Waals surface area (Å²) in [5.41, 5.74) is 2.57. The van der Waals surface area contributed by atoms with E-state index >= 15 is 4.39 Å². The molecular weight excluding hydrogens is 525 g/mol. The lowest BCUT2D eigenvalue weighted by Gasteiger charge is -2.44. The maximum absolute atomic E-state index is 16.0. The smallest absolute Gasteiger partial charge is 0.349 e. The van der Waals surface area contributed by atoms with Crippen LogP contribution >= 0.6 is 0 Å². The molecule has 2 atom stereocenters. The third-order valence-corrected chi connectivity index (χ3v) is 8.00. The van der Waals surface area contributed by atoms with E-state index < -0.39 is 11.5 Å². The number of aryl methyl sites for hydroxylation is 2. The van der Waals surface area contributed by atoms with Crippen molar-refractivity contribution in [1.82, 2.24) is 39.4 Å². The van der Waals surface area contributed by atoms with Gasteiger partial charge in [-0.15, -0.1) is 5.10 Å². The molecule has 1 saturated heterocycles. The van der Waals surface area contributed by atoms with Gasteiger partial charge in [0.1, 0.15) is 17.2 Å². The van der Waals surface area contributed by atoms with Crippen molar-refractivity contribution in [3.8, 4) is 17.1 Å². The minimum Gasteiger partial charge on any atom is -0.349 e. The number of piperazine rings is 1. The van der Waals surface area contributed by atoms with Crippen LogP contribution in [0.25, 0.3) is 28.1 Å². The molecule has 0 N–H and O–H groups in total. The molecule has 11 nitrogen and oxygen atoms in total. The van der Waals surface area contributed by atoms with Crippen LogP contribution < -0.4 is 10.6 Å². The van der Waals surface area contributed by atoms with Gasteiger partial charge in [0.2, 0.25) is 5.91 Å². The Balaban J connectivity index is 1.66. The summed E-state index contributed by atoms with van der Waals surface area (Å²) in [6, 6.07) is 2.93. The van der Waals surface area contributed by atoms with E-state index in [0.717, 1.165) is 11.3 Å². The molecule has 212 valence electrons. The molecule has 1 amide bonds. The number of hydrogen-bond donors (Lipinski definition) is 0. The highest BCUT2D eigenvalue weighted by atomic mass is 19.1. The first-order chi connectivity index (χ1) is 19.7. The first kappa shape index (κ1) is 26.7. The highest BCUT2D eigenvalue weighted by Gasteiger charge is 2.34. The molecule has 6 heterocycles. The van der Waals surface area contributed by atoms with Gasteiger partial charge in [0.05, 0.1) is 23.0 Å². The molecule has 2 bridgehead atoms. The van der Waals surface area contributed by atoms with Crippen molar-refractivity contribution in [2.45, 2.75) is 65.1 Å². The number of anilines is 1. The summed E-state index contributed by atoms with van der Waals surface area (Å²) < 4.78 is 19.1. The first-order valence-electron chi connectivity index (χ1n) is 13.9. The van der Waals surface area contributed by atoms with E-state index in [2.05, 4.69) is 26.9 Å². The summed E-state index contributed by atoms with van der Waals surface area (Å²) in [6.45, 7) is 12.9. The van der Waals surface area contributed by atoms with Crippen LogP contribution in [0, 0.1) is 5.82 Å². The van der Waals surface area contributed by atoms with Crippen molar-refractivity contribution in [3.63, 3.8) is 0 Å². The third-order valence-electron chi connectivity index (χ3n) is 8.00. The molecule has 12 heteroatoms. The van der Waals surface area contributed by atoms with Crippen LogP contribution in [0.4, 0.5) is 10.2 Å². The van der Waals surface area contributed by atoms with Crippen molar-refractivity contribution >= 4 is 22.8 Å². The number of nitrogens with zero attached hydrogens (tertiary/aromatic N) is 9. The quantitative estimate of drug-likeness (QED) is 0.353. The molecule has 41 heavy (non-hydrogen) atoms. The Bertz CT molecular complexity index is 1740. The van der Waals surface area contributed by atoms with Crippen LogP contribution in [-0.2, 0) is 17.8 Å². The monoisotopic (exact) mass is 557 g/mol. The van der Waals surface area contributed by atoms with Gasteiger partial charge in [0.15, 0.2) is 11.5 Å². The van der Waals surface area contributed by atoms with E-state index in [1.165, 1.54) is 22.9 Å². The van der Waals surface area contributed by atoms with Gasteiger partial charge in [0, 0.05) is 37.9 Å². The number of carbonyl (C=O) groups is 1. The van der Waals surface area contributed by atoms with Gasteiger partial charge in [-0.05, 0) is 56.4 Å². The van der Waals surface area contributed by atoms with Crippen LogP contribution in [-0.4, -0.2) is 70.5 Å². The molecule has 2 aliphatic heterocycles. The van der Waals surface area contributed by atoms with Gasteiger partial charge in [-0.1, -0.05) is 25.6 Å². The molecule has 0 radical (unpaired) electrons. The topological polar surface area (TPSA) is 115 Å². The molecule has 2 aliphatic rings.